The third kappa shape index (κ3) is 2.60. The summed E-state index contributed by atoms with van der Waals surface area (Å²) < 4.78 is 4.46. The zero-order valence-corrected chi connectivity index (χ0v) is 9.46. The number of ether oxygens (including phenoxy) is 1. The molecule has 0 bridgehead atoms. The first-order chi connectivity index (χ1) is 8.20. The second-order valence-electron chi connectivity index (χ2n) is 3.78. The minimum absolute atomic E-state index is 0.213. The Kier molecular flexibility index (Phi) is 3.35. The molecule has 1 aromatic heterocycles. The van der Waals surface area contributed by atoms with Gasteiger partial charge in [0.1, 0.15) is 0 Å². The van der Waals surface area contributed by atoms with E-state index in [1.807, 2.05) is 30.3 Å². The Morgan fingerprint density at radius 1 is 1.47 bits per heavy atom. The van der Waals surface area contributed by atoms with Gasteiger partial charge >= 0.3 is 5.97 Å². The summed E-state index contributed by atoms with van der Waals surface area (Å²) in [7, 11) is 1.25. The number of hydrogen-bond donors (Lipinski definition) is 1. The third-order valence-electron chi connectivity index (χ3n) is 2.55. The molecule has 4 nitrogen and oxygen atoms in total. The van der Waals surface area contributed by atoms with E-state index in [-0.39, 0.29) is 6.42 Å². The van der Waals surface area contributed by atoms with Crippen LogP contribution in [-0.2, 0) is 16.0 Å². The van der Waals surface area contributed by atoms with Crippen LogP contribution in [0.4, 0.5) is 0 Å². The van der Waals surface area contributed by atoms with Crippen molar-refractivity contribution in [1.82, 2.24) is 4.98 Å². The molecule has 0 aliphatic carbocycles. The average molecular weight is 231 g/mol. The van der Waals surface area contributed by atoms with Crippen molar-refractivity contribution in [2.45, 2.75) is 12.5 Å². The lowest BCUT2D eigenvalue weighted by molar-refractivity contribution is -0.150. The Balaban J connectivity index is 2.22. The minimum Gasteiger partial charge on any atom is -0.467 e. The van der Waals surface area contributed by atoms with E-state index in [0.717, 1.165) is 16.5 Å². The van der Waals surface area contributed by atoms with Crippen molar-refractivity contribution >= 4 is 16.9 Å². The fourth-order valence-corrected chi connectivity index (χ4v) is 1.67. The Morgan fingerprint density at radius 2 is 2.24 bits per heavy atom. The van der Waals surface area contributed by atoms with Crippen LogP contribution >= 0.6 is 0 Å². The van der Waals surface area contributed by atoms with Gasteiger partial charge in [0, 0.05) is 18.0 Å². The molecule has 1 atom stereocenters. The molecule has 0 radical (unpaired) electrons. The van der Waals surface area contributed by atoms with Gasteiger partial charge in [0.2, 0.25) is 0 Å². The Morgan fingerprint density at radius 3 is 3.00 bits per heavy atom. The molecule has 0 saturated heterocycles. The van der Waals surface area contributed by atoms with E-state index in [1.54, 1.807) is 6.20 Å². The molecule has 4 heteroatoms. The van der Waals surface area contributed by atoms with Crippen molar-refractivity contribution in [2.24, 2.45) is 0 Å². The summed E-state index contributed by atoms with van der Waals surface area (Å²) in [4.78, 5) is 15.3. The summed E-state index contributed by atoms with van der Waals surface area (Å²) in [5.41, 5.74) is 1.70. The van der Waals surface area contributed by atoms with E-state index in [1.165, 1.54) is 7.11 Å². The highest BCUT2D eigenvalue weighted by Gasteiger charge is 2.15. The number of aliphatic hydroxyl groups excluding tert-OH is 1. The number of pyridine rings is 1. The van der Waals surface area contributed by atoms with Gasteiger partial charge in [-0.25, -0.2) is 4.79 Å². The van der Waals surface area contributed by atoms with Gasteiger partial charge in [0.15, 0.2) is 6.10 Å². The highest BCUT2D eigenvalue weighted by atomic mass is 16.5. The molecule has 1 N–H and O–H groups in total. The Bertz CT molecular complexity index is 539. The van der Waals surface area contributed by atoms with Gasteiger partial charge in [0.25, 0.3) is 0 Å². The standard InChI is InChI=1S/C13H13NO3/c1-17-13(16)12(15)7-9-6-10-4-2-3-5-11(10)14-8-9/h2-6,8,12,15H,7H2,1H3. The van der Waals surface area contributed by atoms with Gasteiger partial charge in [0.05, 0.1) is 12.6 Å². The van der Waals surface area contributed by atoms with Crippen LogP contribution in [0.15, 0.2) is 36.5 Å². The summed E-state index contributed by atoms with van der Waals surface area (Å²) in [5, 5.41) is 10.5. The number of aromatic nitrogens is 1. The topological polar surface area (TPSA) is 59.4 Å². The number of carbonyl (C=O) groups is 1. The molecule has 0 saturated carbocycles. The number of esters is 1. The van der Waals surface area contributed by atoms with E-state index >= 15 is 0 Å². The van der Waals surface area contributed by atoms with Gasteiger partial charge in [-0.2, -0.15) is 0 Å². The zero-order chi connectivity index (χ0) is 12.3. The first-order valence-corrected chi connectivity index (χ1v) is 5.30. The van der Waals surface area contributed by atoms with Crippen LogP contribution in [0.1, 0.15) is 5.56 Å². The maximum absolute atomic E-state index is 11.1. The average Bonchev–Trinajstić information content (AvgIpc) is 2.37. The second-order valence-corrected chi connectivity index (χ2v) is 3.78. The summed E-state index contributed by atoms with van der Waals surface area (Å²) in [6.45, 7) is 0. The quantitative estimate of drug-likeness (QED) is 0.809. The van der Waals surface area contributed by atoms with E-state index in [2.05, 4.69) is 9.72 Å². The normalized spacial score (nSPS) is 12.4. The number of rotatable bonds is 3. The van der Waals surface area contributed by atoms with Crippen LogP contribution < -0.4 is 0 Å². The maximum atomic E-state index is 11.1. The fourth-order valence-electron chi connectivity index (χ4n) is 1.67. The summed E-state index contributed by atoms with van der Waals surface area (Å²) in [6.07, 6.45) is 0.738. The van der Waals surface area contributed by atoms with E-state index in [0.29, 0.717) is 0 Å². The van der Waals surface area contributed by atoms with Crippen LogP contribution in [0.25, 0.3) is 10.9 Å². The van der Waals surface area contributed by atoms with Crippen molar-refractivity contribution in [3.05, 3.63) is 42.1 Å². The minimum atomic E-state index is -1.14. The number of fused-ring (bicyclic) bond motifs is 1. The van der Waals surface area contributed by atoms with Crippen molar-refractivity contribution in [1.29, 1.82) is 0 Å². The number of carbonyl (C=O) groups excluding carboxylic acids is 1. The number of benzene rings is 1. The highest BCUT2D eigenvalue weighted by Crippen LogP contribution is 2.14. The highest BCUT2D eigenvalue weighted by molar-refractivity contribution is 5.79. The molecule has 1 heterocycles. The summed E-state index contributed by atoms with van der Waals surface area (Å²) in [5.74, 6) is -0.627. The van der Waals surface area contributed by atoms with E-state index in [4.69, 9.17) is 0 Å². The predicted molar refractivity (Wildman–Crippen MR) is 63.5 cm³/mol. The first kappa shape index (κ1) is 11.5. The molecule has 1 aromatic carbocycles. The van der Waals surface area contributed by atoms with Crippen molar-refractivity contribution in [3.8, 4) is 0 Å². The maximum Gasteiger partial charge on any atom is 0.335 e. The third-order valence-corrected chi connectivity index (χ3v) is 2.55. The number of nitrogens with zero attached hydrogens (tertiary/aromatic N) is 1. The fraction of sp³-hybridized carbons (Fsp3) is 0.231. The molecule has 1 unspecified atom stereocenters. The molecule has 0 spiro atoms. The molecule has 2 aromatic rings. The molecule has 0 amide bonds. The van der Waals surface area contributed by atoms with Gasteiger partial charge in [-0.15, -0.1) is 0 Å². The smallest absolute Gasteiger partial charge is 0.335 e. The van der Waals surface area contributed by atoms with Gasteiger partial charge < -0.3 is 9.84 Å². The second kappa shape index (κ2) is 4.93. The molecule has 0 aliphatic rings. The van der Waals surface area contributed by atoms with Crippen LogP contribution in [0.2, 0.25) is 0 Å². The lowest BCUT2D eigenvalue weighted by Crippen LogP contribution is -2.24. The molecular formula is C13H13NO3. The van der Waals surface area contributed by atoms with Gasteiger partial charge in [-0.05, 0) is 17.7 Å². The van der Waals surface area contributed by atoms with Crippen LogP contribution in [0, 0.1) is 0 Å². The SMILES string of the molecule is COC(=O)C(O)Cc1cnc2ccccc2c1. The lowest BCUT2D eigenvalue weighted by atomic mass is 10.1. The number of methoxy groups -OCH3 is 1. The van der Waals surface area contributed by atoms with E-state index < -0.39 is 12.1 Å². The first-order valence-electron chi connectivity index (χ1n) is 5.30. The van der Waals surface area contributed by atoms with Gasteiger partial charge in [-0.1, -0.05) is 18.2 Å². The monoisotopic (exact) mass is 231 g/mol. The molecule has 0 aliphatic heterocycles. The van der Waals surface area contributed by atoms with Crippen molar-refractivity contribution in [2.75, 3.05) is 7.11 Å². The van der Waals surface area contributed by atoms with Crippen LogP contribution in [-0.4, -0.2) is 29.3 Å². The predicted octanol–water partition coefficient (Wildman–Crippen LogP) is 1.31. The zero-order valence-electron chi connectivity index (χ0n) is 9.46. The Labute approximate surface area is 98.9 Å². The number of para-hydroxylation sites is 1. The molecular weight excluding hydrogens is 218 g/mol. The molecule has 17 heavy (non-hydrogen) atoms. The largest absolute Gasteiger partial charge is 0.467 e. The van der Waals surface area contributed by atoms with Crippen molar-refractivity contribution in [3.63, 3.8) is 0 Å². The van der Waals surface area contributed by atoms with Crippen LogP contribution in [0.3, 0.4) is 0 Å². The molecule has 88 valence electrons. The Hall–Kier alpha value is -1.94. The van der Waals surface area contributed by atoms with E-state index in [9.17, 15) is 9.90 Å². The summed E-state index contributed by atoms with van der Waals surface area (Å²) in [6, 6.07) is 9.60. The van der Waals surface area contributed by atoms with Gasteiger partial charge in [-0.3, -0.25) is 4.98 Å². The number of hydrogen-bond acceptors (Lipinski definition) is 4. The van der Waals surface area contributed by atoms with Crippen molar-refractivity contribution < 1.29 is 14.6 Å². The summed E-state index contributed by atoms with van der Waals surface area (Å²) >= 11 is 0. The lowest BCUT2D eigenvalue weighted by Gasteiger charge is -2.08. The number of aliphatic hydroxyl groups is 1. The van der Waals surface area contributed by atoms with Crippen LogP contribution in [0.5, 0.6) is 0 Å². The molecule has 0 fully saturated rings. The molecule has 2 rings (SSSR count).